The first-order valence-corrected chi connectivity index (χ1v) is 8.28. The summed E-state index contributed by atoms with van der Waals surface area (Å²) in [5.74, 6) is -0.0522. The minimum absolute atomic E-state index is 0.0397. The second kappa shape index (κ2) is 10.8. The van der Waals surface area contributed by atoms with Crippen molar-refractivity contribution in [1.82, 2.24) is 10.6 Å². The van der Waals surface area contributed by atoms with E-state index in [0.29, 0.717) is 23.2 Å². The topological polar surface area (TPSA) is 50.4 Å². The lowest BCUT2D eigenvalue weighted by molar-refractivity contribution is -0.120. The van der Waals surface area contributed by atoms with Crippen LogP contribution >= 0.6 is 23.2 Å². The maximum absolute atomic E-state index is 11.8. The Kier molecular flexibility index (Phi) is 9.48. The van der Waals surface area contributed by atoms with Crippen LogP contribution < -0.4 is 10.6 Å². The smallest absolute Gasteiger partial charge is 0.234 e. The minimum atomic E-state index is -0.0522. The Morgan fingerprint density at radius 3 is 2.77 bits per heavy atom. The van der Waals surface area contributed by atoms with Crippen LogP contribution in [0.4, 0.5) is 0 Å². The van der Waals surface area contributed by atoms with Gasteiger partial charge in [-0.25, -0.2) is 0 Å². The summed E-state index contributed by atoms with van der Waals surface area (Å²) in [4.78, 5) is 11.8. The molecule has 0 heterocycles. The third-order valence-corrected chi connectivity index (χ3v) is 3.88. The average Bonchev–Trinajstić information content (AvgIpc) is 2.48. The average molecular weight is 347 g/mol. The summed E-state index contributed by atoms with van der Waals surface area (Å²) in [5, 5.41) is 7.30. The van der Waals surface area contributed by atoms with Crippen molar-refractivity contribution in [3.63, 3.8) is 0 Å². The van der Waals surface area contributed by atoms with E-state index >= 15 is 0 Å². The molecule has 4 nitrogen and oxygen atoms in total. The first-order valence-electron chi connectivity index (χ1n) is 7.52. The number of unbranched alkanes of at least 4 members (excludes halogenated alkanes) is 1. The molecule has 2 N–H and O–H groups in total. The predicted octanol–water partition coefficient (Wildman–Crippen LogP) is 3.58. The minimum Gasteiger partial charge on any atom is -0.383 e. The number of carbonyl (C=O) groups is 1. The molecule has 0 aliphatic carbocycles. The van der Waals surface area contributed by atoms with Gasteiger partial charge in [0.25, 0.3) is 0 Å². The second-order valence-corrected chi connectivity index (χ2v) is 5.93. The summed E-state index contributed by atoms with van der Waals surface area (Å²) >= 11 is 12.2. The van der Waals surface area contributed by atoms with E-state index in [1.807, 2.05) is 12.1 Å². The van der Waals surface area contributed by atoms with Gasteiger partial charge in [-0.05, 0) is 24.1 Å². The Labute approximate surface area is 142 Å². The molecule has 1 unspecified atom stereocenters. The lowest BCUT2D eigenvalue weighted by atomic mass is 10.0. The molecular weight excluding hydrogens is 323 g/mol. The van der Waals surface area contributed by atoms with Gasteiger partial charge in [-0.15, -0.1) is 0 Å². The third kappa shape index (κ3) is 6.97. The first kappa shape index (κ1) is 19.2. The standard InChI is InChI=1S/C16H24Cl2N2O2/c1-3-4-5-15(13-7-6-12(17)10-14(13)18)20-11-16(21)19-8-9-22-2/h6-7,10,15,20H,3-5,8-9,11H2,1-2H3,(H,19,21). The molecule has 22 heavy (non-hydrogen) atoms. The number of carbonyl (C=O) groups excluding carboxylic acids is 1. The Morgan fingerprint density at radius 2 is 2.14 bits per heavy atom. The molecule has 0 spiro atoms. The van der Waals surface area contributed by atoms with Crippen LogP contribution in [0.25, 0.3) is 0 Å². The van der Waals surface area contributed by atoms with Crippen LogP contribution in [-0.4, -0.2) is 32.7 Å². The number of hydrogen-bond donors (Lipinski definition) is 2. The van der Waals surface area contributed by atoms with Crippen molar-refractivity contribution >= 4 is 29.1 Å². The number of amides is 1. The summed E-state index contributed by atoms with van der Waals surface area (Å²) in [5.41, 5.74) is 0.976. The first-order chi connectivity index (χ1) is 10.6. The Morgan fingerprint density at radius 1 is 1.36 bits per heavy atom. The molecule has 0 radical (unpaired) electrons. The van der Waals surface area contributed by atoms with Crippen LogP contribution in [0.5, 0.6) is 0 Å². The van der Waals surface area contributed by atoms with Crippen LogP contribution in [0.3, 0.4) is 0 Å². The number of nitrogens with one attached hydrogen (secondary N) is 2. The normalized spacial score (nSPS) is 12.2. The molecule has 0 aromatic heterocycles. The van der Waals surface area contributed by atoms with Gasteiger partial charge in [0.1, 0.15) is 0 Å². The zero-order valence-corrected chi connectivity index (χ0v) is 14.6. The molecule has 0 saturated heterocycles. The Bertz CT molecular complexity index is 469. The summed E-state index contributed by atoms with van der Waals surface area (Å²) in [6.07, 6.45) is 3.06. The fourth-order valence-corrected chi connectivity index (χ4v) is 2.67. The highest BCUT2D eigenvalue weighted by Crippen LogP contribution is 2.29. The van der Waals surface area contributed by atoms with Gasteiger partial charge in [0, 0.05) is 29.7 Å². The van der Waals surface area contributed by atoms with E-state index in [1.54, 1.807) is 13.2 Å². The van der Waals surface area contributed by atoms with Gasteiger partial charge < -0.3 is 15.4 Å². The van der Waals surface area contributed by atoms with Gasteiger partial charge in [-0.3, -0.25) is 4.79 Å². The molecule has 1 atom stereocenters. The zero-order valence-electron chi connectivity index (χ0n) is 13.1. The highest BCUT2D eigenvalue weighted by atomic mass is 35.5. The van der Waals surface area contributed by atoms with Gasteiger partial charge in [-0.1, -0.05) is 49.0 Å². The molecule has 0 aliphatic rings. The largest absolute Gasteiger partial charge is 0.383 e. The quantitative estimate of drug-likeness (QED) is 0.636. The molecule has 1 rings (SSSR count). The van der Waals surface area contributed by atoms with Crippen molar-refractivity contribution in [3.05, 3.63) is 33.8 Å². The summed E-state index contributed by atoms with van der Waals surface area (Å²) < 4.78 is 4.90. The molecule has 1 aromatic carbocycles. The number of benzene rings is 1. The summed E-state index contributed by atoms with van der Waals surface area (Å²) in [6, 6.07) is 5.51. The van der Waals surface area contributed by atoms with E-state index in [1.165, 1.54) is 0 Å². The van der Waals surface area contributed by atoms with Crippen LogP contribution in [0.15, 0.2) is 18.2 Å². The molecule has 1 aromatic rings. The summed E-state index contributed by atoms with van der Waals surface area (Å²) in [7, 11) is 1.60. The number of halogens is 2. The third-order valence-electron chi connectivity index (χ3n) is 3.32. The maximum atomic E-state index is 11.8. The van der Waals surface area contributed by atoms with E-state index in [4.69, 9.17) is 27.9 Å². The van der Waals surface area contributed by atoms with Crippen LogP contribution in [0.2, 0.25) is 10.0 Å². The molecule has 124 valence electrons. The van der Waals surface area contributed by atoms with Gasteiger partial charge in [-0.2, -0.15) is 0 Å². The summed E-state index contributed by atoms with van der Waals surface area (Å²) in [6.45, 7) is 3.40. The van der Waals surface area contributed by atoms with Gasteiger partial charge in [0.05, 0.1) is 13.2 Å². The van der Waals surface area contributed by atoms with Gasteiger partial charge >= 0.3 is 0 Å². The highest BCUT2D eigenvalue weighted by molar-refractivity contribution is 6.35. The van der Waals surface area contributed by atoms with Crippen molar-refractivity contribution in [2.45, 2.75) is 32.2 Å². The second-order valence-electron chi connectivity index (χ2n) is 5.08. The highest BCUT2D eigenvalue weighted by Gasteiger charge is 2.15. The van der Waals surface area contributed by atoms with E-state index in [2.05, 4.69) is 17.6 Å². The van der Waals surface area contributed by atoms with Crippen LogP contribution in [0.1, 0.15) is 37.8 Å². The number of hydrogen-bond acceptors (Lipinski definition) is 3. The van der Waals surface area contributed by atoms with Crippen LogP contribution in [-0.2, 0) is 9.53 Å². The number of methoxy groups -OCH3 is 1. The number of rotatable bonds is 10. The molecule has 0 saturated carbocycles. The van der Waals surface area contributed by atoms with Crippen LogP contribution in [0, 0.1) is 0 Å². The predicted molar refractivity (Wildman–Crippen MR) is 91.6 cm³/mol. The molecule has 6 heteroatoms. The van der Waals surface area contributed by atoms with E-state index in [-0.39, 0.29) is 18.5 Å². The lowest BCUT2D eigenvalue weighted by Gasteiger charge is -2.20. The molecule has 0 bridgehead atoms. The van der Waals surface area contributed by atoms with E-state index < -0.39 is 0 Å². The van der Waals surface area contributed by atoms with Crippen molar-refractivity contribution in [2.24, 2.45) is 0 Å². The fraction of sp³-hybridized carbons (Fsp3) is 0.562. The van der Waals surface area contributed by atoms with Crippen molar-refractivity contribution in [3.8, 4) is 0 Å². The maximum Gasteiger partial charge on any atom is 0.234 e. The SMILES string of the molecule is CCCCC(NCC(=O)NCCOC)c1ccc(Cl)cc1Cl. The Hall–Kier alpha value is -0.810. The van der Waals surface area contributed by atoms with Crippen molar-refractivity contribution in [1.29, 1.82) is 0 Å². The van der Waals surface area contributed by atoms with E-state index in [9.17, 15) is 4.79 Å². The van der Waals surface area contributed by atoms with E-state index in [0.717, 1.165) is 24.8 Å². The van der Waals surface area contributed by atoms with Crippen molar-refractivity contribution < 1.29 is 9.53 Å². The molecule has 0 aliphatic heterocycles. The van der Waals surface area contributed by atoms with Crippen molar-refractivity contribution in [2.75, 3.05) is 26.8 Å². The zero-order chi connectivity index (χ0) is 16.4. The van der Waals surface area contributed by atoms with Gasteiger partial charge in [0.15, 0.2) is 0 Å². The molecule has 1 amide bonds. The molecular formula is C16H24Cl2N2O2. The monoisotopic (exact) mass is 346 g/mol. The molecule has 0 fully saturated rings. The fourth-order valence-electron chi connectivity index (χ4n) is 2.13. The number of ether oxygens (including phenoxy) is 1. The van der Waals surface area contributed by atoms with Gasteiger partial charge in [0.2, 0.25) is 5.91 Å². The lowest BCUT2D eigenvalue weighted by Crippen LogP contribution is -2.37. The Balaban J connectivity index is 2.62.